The van der Waals surface area contributed by atoms with Crippen LogP contribution in [0.4, 0.5) is 0 Å². The molecule has 0 radical (unpaired) electrons. The molecule has 1 aliphatic heterocycles. The van der Waals surface area contributed by atoms with Gasteiger partial charge in [-0.25, -0.2) is 15.0 Å². The summed E-state index contributed by atoms with van der Waals surface area (Å²) in [6.45, 7) is 5.89. The SMILES string of the molecule is CCCc1ncc2c(n1)CCN(Cc1cncn1Cc1ccccc1)C2. The van der Waals surface area contributed by atoms with Crippen LogP contribution in [-0.4, -0.2) is 31.0 Å². The summed E-state index contributed by atoms with van der Waals surface area (Å²) in [6.07, 6.45) is 9.01. The smallest absolute Gasteiger partial charge is 0.128 e. The number of hydrogen-bond acceptors (Lipinski definition) is 4. The Labute approximate surface area is 154 Å². The third kappa shape index (κ3) is 3.83. The first-order valence-electron chi connectivity index (χ1n) is 9.41. The second-order valence-corrected chi connectivity index (χ2v) is 6.97. The highest BCUT2D eigenvalue weighted by Crippen LogP contribution is 2.19. The molecule has 0 unspecified atom stereocenters. The number of rotatable bonds is 6. The maximum absolute atomic E-state index is 4.75. The normalized spacial score (nSPS) is 14.3. The van der Waals surface area contributed by atoms with E-state index in [2.05, 4.69) is 56.7 Å². The van der Waals surface area contributed by atoms with Crippen LogP contribution >= 0.6 is 0 Å². The highest BCUT2D eigenvalue weighted by Gasteiger charge is 2.19. The first kappa shape index (κ1) is 16.9. The fourth-order valence-corrected chi connectivity index (χ4v) is 3.53. The first-order valence-corrected chi connectivity index (χ1v) is 9.41. The maximum Gasteiger partial charge on any atom is 0.128 e. The Morgan fingerprint density at radius 3 is 2.81 bits per heavy atom. The number of aromatic nitrogens is 4. The minimum Gasteiger partial charge on any atom is -0.329 e. The Bertz CT molecular complexity index is 856. The summed E-state index contributed by atoms with van der Waals surface area (Å²) in [5, 5.41) is 0. The fourth-order valence-electron chi connectivity index (χ4n) is 3.53. The zero-order valence-corrected chi connectivity index (χ0v) is 15.3. The molecule has 1 aromatic carbocycles. The monoisotopic (exact) mass is 347 g/mol. The number of imidazole rings is 1. The van der Waals surface area contributed by atoms with E-state index in [0.29, 0.717) is 0 Å². The van der Waals surface area contributed by atoms with Crippen molar-refractivity contribution >= 4 is 0 Å². The quantitative estimate of drug-likeness (QED) is 0.687. The van der Waals surface area contributed by atoms with E-state index < -0.39 is 0 Å². The summed E-state index contributed by atoms with van der Waals surface area (Å²) in [6, 6.07) is 10.5. The van der Waals surface area contributed by atoms with Gasteiger partial charge in [0.05, 0.1) is 12.0 Å². The second kappa shape index (κ2) is 7.79. The molecule has 5 nitrogen and oxygen atoms in total. The Morgan fingerprint density at radius 1 is 1.08 bits per heavy atom. The van der Waals surface area contributed by atoms with Crippen molar-refractivity contribution in [3.8, 4) is 0 Å². The molecule has 3 aromatic rings. The van der Waals surface area contributed by atoms with E-state index >= 15 is 0 Å². The predicted molar refractivity (Wildman–Crippen MR) is 102 cm³/mol. The highest BCUT2D eigenvalue weighted by atomic mass is 15.2. The molecular formula is C21H25N5. The highest BCUT2D eigenvalue weighted by molar-refractivity contribution is 5.21. The standard InChI is InChI=1S/C21H25N5/c1-2-6-21-23-11-18-14-25(10-9-20(18)24-21)15-19-12-22-16-26(19)13-17-7-4-3-5-8-17/h3-5,7-8,11-12,16H,2,6,9-10,13-15H2,1H3. The van der Waals surface area contributed by atoms with Crippen molar-refractivity contribution in [3.05, 3.63) is 77.4 Å². The van der Waals surface area contributed by atoms with Crippen LogP contribution in [0.15, 0.2) is 49.1 Å². The van der Waals surface area contributed by atoms with E-state index in [1.807, 2.05) is 18.7 Å². The van der Waals surface area contributed by atoms with E-state index in [1.165, 1.54) is 22.5 Å². The van der Waals surface area contributed by atoms with Crippen molar-refractivity contribution in [2.24, 2.45) is 0 Å². The molecule has 1 aliphatic rings. The van der Waals surface area contributed by atoms with Gasteiger partial charge >= 0.3 is 0 Å². The molecule has 0 spiro atoms. The summed E-state index contributed by atoms with van der Waals surface area (Å²) in [4.78, 5) is 16.1. The van der Waals surface area contributed by atoms with Gasteiger partial charge in [0.1, 0.15) is 5.82 Å². The van der Waals surface area contributed by atoms with Gasteiger partial charge in [-0.15, -0.1) is 0 Å². The fraction of sp³-hybridized carbons (Fsp3) is 0.381. The summed E-state index contributed by atoms with van der Waals surface area (Å²) in [5.74, 6) is 0.987. The number of aryl methyl sites for hydroxylation is 1. The minimum absolute atomic E-state index is 0.865. The van der Waals surface area contributed by atoms with Crippen LogP contribution in [0, 0.1) is 0 Å². The van der Waals surface area contributed by atoms with Crippen molar-refractivity contribution < 1.29 is 0 Å². The van der Waals surface area contributed by atoms with Gasteiger partial charge in [-0.3, -0.25) is 4.90 Å². The average Bonchev–Trinajstić information content (AvgIpc) is 3.09. The molecule has 0 amide bonds. The van der Waals surface area contributed by atoms with Gasteiger partial charge < -0.3 is 4.57 Å². The van der Waals surface area contributed by atoms with Gasteiger partial charge in [0, 0.05) is 62.7 Å². The molecule has 0 bridgehead atoms. The summed E-state index contributed by atoms with van der Waals surface area (Å²) >= 11 is 0. The Hall–Kier alpha value is -2.53. The lowest BCUT2D eigenvalue weighted by Crippen LogP contribution is -2.31. The van der Waals surface area contributed by atoms with Crippen molar-refractivity contribution in [1.29, 1.82) is 0 Å². The summed E-state index contributed by atoms with van der Waals surface area (Å²) in [7, 11) is 0. The van der Waals surface area contributed by atoms with Crippen LogP contribution < -0.4 is 0 Å². The van der Waals surface area contributed by atoms with Crippen LogP contribution in [0.1, 0.15) is 41.7 Å². The molecule has 0 saturated carbocycles. The Kier molecular flexibility index (Phi) is 5.07. The molecule has 0 N–H and O–H groups in total. The van der Waals surface area contributed by atoms with Crippen molar-refractivity contribution in [2.75, 3.05) is 6.54 Å². The van der Waals surface area contributed by atoms with Gasteiger partial charge in [-0.05, 0) is 12.0 Å². The van der Waals surface area contributed by atoms with Crippen LogP contribution in [0.2, 0.25) is 0 Å². The zero-order chi connectivity index (χ0) is 17.8. The van der Waals surface area contributed by atoms with Gasteiger partial charge in [0.25, 0.3) is 0 Å². The largest absolute Gasteiger partial charge is 0.329 e. The van der Waals surface area contributed by atoms with Crippen molar-refractivity contribution in [3.63, 3.8) is 0 Å². The molecule has 2 aromatic heterocycles. The number of benzene rings is 1. The molecule has 26 heavy (non-hydrogen) atoms. The topological polar surface area (TPSA) is 46.8 Å². The van der Waals surface area contributed by atoms with Crippen LogP contribution in [0.5, 0.6) is 0 Å². The van der Waals surface area contributed by atoms with Gasteiger partial charge in [0.2, 0.25) is 0 Å². The lowest BCUT2D eigenvalue weighted by atomic mass is 10.1. The summed E-state index contributed by atoms with van der Waals surface area (Å²) in [5.41, 5.74) is 5.05. The van der Waals surface area contributed by atoms with Gasteiger partial charge in [-0.2, -0.15) is 0 Å². The third-order valence-electron chi connectivity index (χ3n) is 4.92. The molecule has 5 heteroatoms. The van der Waals surface area contributed by atoms with Gasteiger partial charge in [0.15, 0.2) is 0 Å². The van der Waals surface area contributed by atoms with E-state index in [0.717, 1.165) is 51.3 Å². The minimum atomic E-state index is 0.865. The summed E-state index contributed by atoms with van der Waals surface area (Å²) < 4.78 is 2.24. The van der Waals surface area contributed by atoms with Crippen molar-refractivity contribution in [2.45, 2.75) is 45.8 Å². The van der Waals surface area contributed by atoms with Crippen LogP contribution in [0.3, 0.4) is 0 Å². The van der Waals surface area contributed by atoms with E-state index in [9.17, 15) is 0 Å². The zero-order valence-electron chi connectivity index (χ0n) is 15.3. The molecule has 0 saturated heterocycles. The average molecular weight is 347 g/mol. The van der Waals surface area contributed by atoms with Crippen LogP contribution in [0.25, 0.3) is 0 Å². The second-order valence-electron chi connectivity index (χ2n) is 6.97. The molecule has 4 rings (SSSR count). The van der Waals surface area contributed by atoms with E-state index in [-0.39, 0.29) is 0 Å². The molecule has 3 heterocycles. The number of hydrogen-bond donors (Lipinski definition) is 0. The molecule has 0 atom stereocenters. The van der Waals surface area contributed by atoms with Crippen molar-refractivity contribution in [1.82, 2.24) is 24.4 Å². The van der Waals surface area contributed by atoms with E-state index in [4.69, 9.17) is 4.98 Å². The molecule has 0 aliphatic carbocycles. The maximum atomic E-state index is 4.75. The Morgan fingerprint density at radius 2 is 1.96 bits per heavy atom. The predicted octanol–water partition coefficient (Wildman–Crippen LogP) is 3.23. The third-order valence-corrected chi connectivity index (χ3v) is 4.92. The molecule has 0 fully saturated rings. The van der Waals surface area contributed by atoms with Crippen LogP contribution in [-0.2, 0) is 32.5 Å². The lowest BCUT2D eigenvalue weighted by molar-refractivity contribution is 0.237. The first-order chi connectivity index (χ1) is 12.8. The molecule has 134 valence electrons. The van der Waals surface area contributed by atoms with E-state index in [1.54, 1.807) is 0 Å². The number of fused-ring (bicyclic) bond motifs is 1. The lowest BCUT2D eigenvalue weighted by Gasteiger charge is -2.28. The molecular weight excluding hydrogens is 322 g/mol. The number of nitrogens with zero attached hydrogens (tertiary/aromatic N) is 5. The van der Waals surface area contributed by atoms with Gasteiger partial charge in [-0.1, -0.05) is 37.3 Å². The Balaban J connectivity index is 1.44.